The molecule has 0 aliphatic carbocycles. The lowest BCUT2D eigenvalue weighted by atomic mass is 10.1. The largest absolute Gasteiger partial charge is 0.384 e. The van der Waals surface area contributed by atoms with Gasteiger partial charge in [0.25, 0.3) is 5.56 Å². The number of benzene rings is 2. The van der Waals surface area contributed by atoms with Crippen molar-refractivity contribution in [3.63, 3.8) is 0 Å². The number of hydrogen-bond donors (Lipinski definition) is 1. The number of aromatic nitrogens is 2. The second-order valence-corrected chi connectivity index (χ2v) is 8.88. The van der Waals surface area contributed by atoms with Gasteiger partial charge in [-0.05, 0) is 23.6 Å². The Bertz CT molecular complexity index is 1290. The van der Waals surface area contributed by atoms with E-state index in [1.165, 1.54) is 22.7 Å². The number of anilines is 1. The number of Topliss-reactive ketones (excluding diaryl/α,β-unsaturated/α-hetero) is 1. The van der Waals surface area contributed by atoms with Gasteiger partial charge in [-0.25, -0.2) is 4.79 Å². The predicted molar refractivity (Wildman–Crippen MR) is 133 cm³/mol. The van der Waals surface area contributed by atoms with Gasteiger partial charge in [0, 0.05) is 39.8 Å². The number of hydrogen-bond acceptors (Lipinski definition) is 6. The quantitative estimate of drug-likeness (QED) is 0.536. The summed E-state index contributed by atoms with van der Waals surface area (Å²) in [6, 6.07) is 17.7. The minimum atomic E-state index is -0.644. The Morgan fingerprint density at radius 3 is 2.18 bits per heavy atom. The van der Waals surface area contributed by atoms with Crippen LogP contribution in [-0.2, 0) is 20.1 Å². The van der Waals surface area contributed by atoms with E-state index in [4.69, 9.17) is 5.73 Å². The SMILES string of the molecule is Cc1ccccc1CN1CCN(CC(=O)c2c(N)n(Cc3ccccc3)c(=O)n(C)c2=O)CC1. The van der Waals surface area contributed by atoms with Crippen LogP contribution in [0.15, 0.2) is 64.2 Å². The van der Waals surface area contributed by atoms with Crippen molar-refractivity contribution in [2.45, 2.75) is 20.0 Å². The molecule has 2 heterocycles. The topological polar surface area (TPSA) is 93.6 Å². The molecule has 8 nitrogen and oxygen atoms in total. The standard InChI is InChI=1S/C26H31N5O3/c1-19-8-6-7-11-21(19)17-29-12-14-30(15-13-29)18-22(32)23-24(27)31(26(34)28(2)25(23)33)16-20-9-4-3-5-10-20/h3-11H,12-18,27H2,1-2H3. The van der Waals surface area contributed by atoms with Crippen molar-refractivity contribution >= 4 is 11.6 Å². The molecule has 2 aromatic carbocycles. The zero-order valence-electron chi connectivity index (χ0n) is 19.7. The van der Waals surface area contributed by atoms with E-state index in [-0.39, 0.29) is 30.3 Å². The molecule has 0 unspecified atom stereocenters. The molecular formula is C26H31N5O3. The lowest BCUT2D eigenvalue weighted by molar-refractivity contribution is 0.0841. The third-order valence-corrected chi connectivity index (χ3v) is 6.53. The first-order chi connectivity index (χ1) is 16.3. The normalized spacial score (nSPS) is 14.9. The zero-order valence-corrected chi connectivity index (χ0v) is 19.7. The Balaban J connectivity index is 1.46. The maximum absolute atomic E-state index is 13.2. The van der Waals surface area contributed by atoms with Gasteiger partial charge in [0.15, 0.2) is 5.78 Å². The van der Waals surface area contributed by atoms with Crippen LogP contribution in [0.2, 0.25) is 0 Å². The molecule has 3 aromatic rings. The van der Waals surface area contributed by atoms with Crippen LogP contribution >= 0.6 is 0 Å². The number of piperazine rings is 1. The molecular weight excluding hydrogens is 430 g/mol. The Hall–Kier alpha value is -3.49. The third-order valence-electron chi connectivity index (χ3n) is 6.53. The maximum Gasteiger partial charge on any atom is 0.332 e. The number of carbonyl (C=O) groups is 1. The summed E-state index contributed by atoms with van der Waals surface area (Å²) in [5.74, 6) is -0.424. The highest BCUT2D eigenvalue weighted by molar-refractivity contribution is 6.01. The molecule has 4 rings (SSSR count). The number of carbonyl (C=O) groups excluding carboxylic acids is 1. The summed E-state index contributed by atoms with van der Waals surface area (Å²) >= 11 is 0. The predicted octanol–water partition coefficient (Wildman–Crippen LogP) is 1.49. The molecule has 0 saturated carbocycles. The first kappa shape index (κ1) is 23.7. The van der Waals surface area contributed by atoms with Crippen molar-refractivity contribution in [2.24, 2.45) is 7.05 Å². The second-order valence-electron chi connectivity index (χ2n) is 8.88. The summed E-state index contributed by atoms with van der Waals surface area (Å²) in [5, 5.41) is 0. The highest BCUT2D eigenvalue weighted by Crippen LogP contribution is 2.14. The Morgan fingerprint density at radius 2 is 1.50 bits per heavy atom. The van der Waals surface area contributed by atoms with Crippen molar-refractivity contribution in [2.75, 3.05) is 38.5 Å². The van der Waals surface area contributed by atoms with Gasteiger partial charge in [0.1, 0.15) is 11.4 Å². The summed E-state index contributed by atoms with van der Waals surface area (Å²) in [4.78, 5) is 43.1. The number of ketones is 1. The van der Waals surface area contributed by atoms with E-state index in [1.54, 1.807) is 0 Å². The third kappa shape index (κ3) is 5.03. The lowest BCUT2D eigenvalue weighted by Gasteiger charge is -2.34. The summed E-state index contributed by atoms with van der Waals surface area (Å²) in [7, 11) is 1.38. The number of nitrogens with zero attached hydrogens (tertiary/aromatic N) is 4. The monoisotopic (exact) mass is 461 g/mol. The van der Waals surface area contributed by atoms with E-state index in [0.29, 0.717) is 0 Å². The molecule has 1 aromatic heterocycles. The number of aryl methyl sites for hydroxylation is 1. The smallest absolute Gasteiger partial charge is 0.332 e. The molecule has 1 fully saturated rings. The summed E-state index contributed by atoms with van der Waals surface area (Å²) in [6.45, 7) is 6.41. The van der Waals surface area contributed by atoms with Gasteiger partial charge in [-0.2, -0.15) is 0 Å². The molecule has 1 aliphatic heterocycles. The van der Waals surface area contributed by atoms with Crippen LogP contribution in [0, 0.1) is 6.92 Å². The molecule has 2 N–H and O–H groups in total. The Morgan fingerprint density at radius 1 is 0.882 bits per heavy atom. The van der Waals surface area contributed by atoms with Crippen molar-refractivity contribution < 1.29 is 4.79 Å². The van der Waals surface area contributed by atoms with Crippen LogP contribution in [0.4, 0.5) is 5.82 Å². The highest BCUT2D eigenvalue weighted by atomic mass is 16.2. The average molecular weight is 462 g/mol. The molecule has 0 amide bonds. The second kappa shape index (κ2) is 10.2. The summed E-state index contributed by atoms with van der Waals surface area (Å²) in [5.41, 5.74) is 8.39. The van der Waals surface area contributed by atoms with Gasteiger partial charge >= 0.3 is 5.69 Å². The molecule has 34 heavy (non-hydrogen) atoms. The molecule has 0 spiro atoms. The number of nitrogens with two attached hydrogens (primary N) is 1. The molecule has 178 valence electrons. The van der Waals surface area contributed by atoms with Crippen LogP contribution in [-0.4, -0.2) is 57.4 Å². The fourth-order valence-electron chi connectivity index (χ4n) is 4.38. The first-order valence-corrected chi connectivity index (χ1v) is 11.5. The molecule has 0 radical (unpaired) electrons. The number of rotatable bonds is 7. The van der Waals surface area contributed by atoms with Crippen LogP contribution < -0.4 is 17.0 Å². The van der Waals surface area contributed by atoms with E-state index < -0.39 is 11.2 Å². The van der Waals surface area contributed by atoms with Gasteiger partial charge < -0.3 is 5.73 Å². The fourth-order valence-corrected chi connectivity index (χ4v) is 4.38. The van der Waals surface area contributed by atoms with Crippen molar-refractivity contribution in [1.29, 1.82) is 0 Å². The van der Waals surface area contributed by atoms with Crippen molar-refractivity contribution in [3.05, 3.63) is 97.7 Å². The average Bonchev–Trinajstić information content (AvgIpc) is 2.84. The van der Waals surface area contributed by atoms with Crippen LogP contribution in [0.3, 0.4) is 0 Å². The zero-order chi connectivity index (χ0) is 24.2. The van der Waals surface area contributed by atoms with E-state index in [0.717, 1.165) is 42.9 Å². The molecule has 0 bridgehead atoms. The molecule has 8 heteroatoms. The molecule has 0 atom stereocenters. The summed E-state index contributed by atoms with van der Waals surface area (Å²) < 4.78 is 2.26. The Kier molecular flexibility index (Phi) is 7.09. The Labute approximate surface area is 198 Å². The van der Waals surface area contributed by atoms with E-state index >= 15 is 0 Å². The van der Waals surface area contributed by atoms with Gasteiger partial charge in [-0.3, -0.25) is 28.5 Å². The minimum Gasteiger partial charge on any atom is -0.384 e. The van der Waals surface area contributed by atoms with Gasteiger partial charge in [0.2, 0.25) is 0 Å². The van der Waals surface area contributed by atoms with Crippen LogP contribution in [0.1, 0.15) is 27.0 Å². The number of nitrogen functional groups attached to an aromatic ring is 1. The lowest BCUT2D eigenvalue weighted by Crippen LogP contribution is -2.49. The molecule has 1 saturated heterocycles. The highest BCUT2D eigenvalue weighted by Gasteiger charge is 2.25. The van der Waals surface area contributed by atoms with Gasteiger partial charge in [-0.15, -0.1) is 0 Å². The van der Waals surface area contributed by atoms with Gasteiger partial charge in [-0.1, -0.05) is 54.6 Å². The molecule has 1 aliphatic rings. The van der Waals surface area contributed by atoms with Crippen molar-refractivity contribution in [3.8, 4) is 0 Å². The van der Waals surface area contributed by atoms with E-state index in [2.05, 4.69) is 30.0 Å². The van der Waals surface area contributed by atoms with Crippen LogP contribution in [0.25, 0.3) is 0 Å². The fraction of sp³-hybridized carbons (Fsp3) is 0.346. The van der Waals surface area contributed by atoms with Crippen molar-refractivity contribution in [1.82, 2.24) is 18.9 Å². The van der Waals surface area contributed by atoms with E-state index in [1.807, 2.05) is 41.3 Å². The maximum atomic E-state index is 13.2. The van der Waals surface area contributed by atoms with E-state index in [9.17, 15) is 14.4 Å². The first-order valence-electron chi connectivity index (χ1n) is 11.5. The van der Waals surface area contributed by atoms with Crippen LogP contribution in [0.5, 0.6) is 0 Å². The van der Waals surface area contributed by atoms with Gasteiger partial charge in [0.05, 0.1) is 13.1 Å². The minimum absolute atomic E-state index is 0.0693. The summed E-state index contributed by atoms with van der Waals surface area (Å²) in [6.07, 6.45) is 0.